The largest absolute Gasteiger partial charge is 0.293 e. The van der Waals surface area contributed by atoms with Gasteiger partial charge in [0, 0.05) is 0 Å². The Morgan fingerprint density at radius 2 is 2.17 bits per heavy atom. The van der Waals surface area contributed by atoms with E-state index < -0.39 is 10.7 Å². The molecule has 0 fully saturated rings. The number of nitro groups is 1. The van der Waals surface area contributed by atoms with E-state index in [1.165, 1.54) is 13.0 Å². The molecule has 1 aromatic carbocycles. The van der Waals surface area contributed by atoms with Gasteiger partial charge in [0.25, 0.3) is 5.69 Å². The summed E-state index contributed by atoms with van der Waals surface area (Å²) in [4.78, 5) is 9.66. The predicted octanol–water partition coefficient (Wildman–Crippen LogP) is 2.70. The van der Waals surface area contributed by atoms with Crippen molar-refractivity contribution in [1.82, 2.24) is 0 Å². The van der Waals surface area contributed by atoms with E-state index in [-0.39, 0.29) is 16.3 Å². The normalized spacial score (nSPS) is 9.92. The molecule has 1 aromatic rings. The molecule has 64 valence electrons. The van der Waals surface area contributed by atoms with E-state index in [1.807, 2.05) is 0 Å². The average molecular weight is 190 g/mol. The zero-order chi connectivity index (χ0) is 9.30. The minimum Gasteiger partial charge on any atom is -0.258 e. The molecule has 0 saturated carbocycles. The second-order valence-electron chi connectivity index (χ2n) is 2.26. The fourth-order valence-corrected chi connectivity index (χ4v) is 1.14. The Bertz CT molecular complexity index is 340. The number of rotatable bonds is 1. The summed E-state index contributed by atoms with van der Waals surface area (Å²) in [5.74, 6) is -0.619. The Hall–Kier alpha value is -1.16. The standard InChI is InChI=1S/C7H5ClFNO2/c1-4-6(9)3-2-5(8)7(4)10(11)12/h2-3H,1H3. The first-order valence-corrected chi connectivity index (χ1v) is 3.51. The first kappa shape index (κ1) is 8.93. The van der Waals surface area contributed by atoms with Crippen LogP contribution in [-0.2, 0) is 0 Å². The minimum absolute atomic E-state index is 0.0347. The highest BCUT2D eigenvalue weighted by Crippen LogP contribution is 2.29. The summed E-state index contributed by atoms with van der Waals surface area (Å²) in [6.45, 7) is 1.32. The molecule has 0 bridgehead atoms. The smallest absolute Gasteiger partial charge is 0.258 e. The molecule has 0 radical (unpaired) electrons. The Kier molecular flexibility index (Phi) is 2.28. The molecular weight excluding hydrogens is 185 g/mol. The topological polar surface area (TPSA) is 43.1 Å². The lowest BCUT2D eigenvalue weighted by Crippen LogP contribution is -1.95. The number of halogens is 2. The van der Waals surface area contributed by atoms with Gasteiger partial charge in [-0.15, -0.1) is 0 Å². The molecule has 0 atom stereocenters. The monoisotopic (exact) mass is 189 g/mol. The maximum absolute atomic E-state index is 12.8. The Morgan fingerprint density at radius 3 is 2.58 bits per heavy atom. The van der Waals surface area contributed by atoms with Crippen molar-refractivity contribution in [2.75, 3.05) is 0 Å². The maximum Gasteiger partial charge on any atom is 0.293 e. The third-order valence-corrected chi connectivity index (χ3v) is 1.80. The molecule has 0 spiro atoms. The summed E-state index contributed by atoms with van der Waals surface area (Å²) in [6.07, 6.45) is 0. The van der Waals surface area contributed by atoms with Crippen LogP contribution in [-0.4, -0.2) is 4.92 Å². The Morgan fingerprint density at radius 1 is 1.58 bits per heavy atom. The molecule has 5 heteroatoms. The molecule has 0 aliphatic rings. The van der Waals surface area contributed by atoms with Gasteiger partial charge < -0.3 is 0 Å². The van der Waals surface area contributed by atoms with Crippen molar-refractivity contribution < 1.29 is 9.31 Å². The molecule has 0 N–H and O–H groups in total. The van der Waals surface area contributed by atoms with Crippen LogP contribution in [0.5, 0.6) is 0 Å². The number of nitro benzene ring substituents is 1. The summed E-state index contributed by atoms with van der Waals surface area (Å²) in [6, 6.07) is 2.27. The van der Waals surface area contributed by atoms with Crippen molar-refractivity contribution in [3.05, 3.63) is 38.7 Å². The van der Waals surface area contributed by atoms with Crippen LogP contribution < -0.4 is 0 Å². The van der Waals surface area contributed by atoms with E-state index in [0.29, 0.717) is 0 Å². The molecular formula is C7H5ClFNO2. The second kappa shape index (κ2) is 3.06. The zero-order valence-electron chi connectivity index (χ0n) is 6.17. The highest BCUT2D eigenvalue weighted by atomic mass is 35.5. The second-order valence-corrected chi connectivity index (χ2v) is 2.67. The summed E-state index contributed by atoms with van der Waals surface area (Å²) in [5.41, 5.74) is -0.399. The maximum atomic E-state index is 12.8. The van der Waals surface area contributed by atoms with Crippen LogP contribution in [0, 0.1) is 22.9 Å². The highest BCUT2D eigenvalue weighted by Gasteiger charge is 2.18. The Balaban J connectivity index is 3.43. The molecule has 0 unspecified atom stereocenters. The summed E-state index contributed by atoms with van der Waals surface area (Å²) < 4.78 is 12.8. The van der Waals surface area contributed by atoms with Gasteiger partial charge in [0.2, 0.25) is 0 Å². The van der Waals surface area contributed by atoms with Crippen LogP contribution in [0.3, 0.4) is 0 Å². The van der Waals surface area contributed by atoms with Crippen molar-refractivity contribution in [3.8, 4) is 0 Å². The van der Waals surface area contributed by atoms with Crippen molar-refractivity contribution in [3.63, 3.8) is 0 Å². The van der Waals surface area contributed by atoms with Gasteiger partial charge in [-0.3, -0.25) is 10.1 Å². The predicted molar refractivity (Wildman–Crippen MR) is 42.8 cm³/mol. The molecule has 0 saturated heterocycles. The van der Waals surface area contributed by atoms with Gasteiger partial charge in [0.15, 0.2) is 0 Å². The first-order chi connectivity index (χ1) is 5.54. The third kappa shape index (κ3) is 1.38. The Labute approximate surface area is 72.9 Å². The van der Waals surface area contributed by atoms with Gasteiger partial charge >= 0.3 is 0 Å². The van der Waals surface area contributed by atoms with Crippen LogP contribution >= 0.6 is 11.6 Å². The van der Waals surface area contributed by atoms with Crippen LogP contribution in [0.4, 0.5) is 10.1 Å². The molecule has 3 nitrogen and oxygen atoms in total. The van der Waals surface area contributed by atoms with Crippen LogP contribution in [0.1, 0.15) is 5.56 Å². The van der Waals surface area contributed by atoms with E-state index in [1.54, 1.807) is 0 Å². The summed E-state index contributed by atoms with van der Waals surface area (Å²) >= 11 is 5.49. The summed E-state index contributed by atoms with van der Waals surface area (Å²) in [7, 11) is 0. The molecule has 0 amide bonds. The van der Waals surface area contributed by atoms with Crippen molar-refractivity contribution in [1.29, 1.82) is 0 Å². The van der Waals surface area contributed by atoms with E-state index in [4.69, 9.17) is 11.6 Å². The van der Waals surface area contributed by atoms with Gasteiger partial charge in [-0.2, -0.15) is 0 Å². The van der Waals surface area contributed by atoms with Gasteiger partial charge in [-0.1, -0.05) is 11.6 Å². The lowest BCUT2D eigenvalue weighted by atomic mass is 10.2. The number of hydrogen-bond acceptors (Lipinski definition) is 2. The van der Waals surface area contributed by atoms with Gasteiger partial charge in [-0.05, 0) is 19.1 Å². The molecule has 0 heterocycles. The quantitative estimate of drug-likeness (QED) is 0.504. The van der Waals surface area contributed by atoms with E-state index >= 15 is 0 Å². The van der Waals surface area contributed by atoms with Crippen LogP contribution in [0.25, 0.3) is 0 Å². The molecule has 0 aliphatic carbocycles. The van der Waals surface area contributed by atoms with Crippen molar-refractivity contribution >= 4 is 17.3 Å². The third-order valence-electron chi connectivity index (χ3n) is 1.50. The number of nitrogens with zero attached hydrogens (tertiary/aromatic N) is 1. The molecule has 12 heavy (non-hydrogen) atoms. The lowest BCUT2D eigenvalue weighted by Gasteiger charge is -1.99. The van der Waals surface area contributed by atoms with Crippen molar-refractivity contribution in [2.24, 2.45) is 0 Å². The van der Waals surface area contributed by atoms with Crippen LogP contribution in [0.2, 0.25) is 5.02 Å². The number of hydrogen-bond donors (Lipinski definition) is 0. The lowest BCUT2D eigenvalue weighted by molar-refractivity contribution is -0.385. The zero-order valence-corrected chi connectivity index (χ0v) is 6.93. The fourth-order valence-electron chi connectivity index (χ4n) is 0.867. The van der Waals surface area contributed by atoms with Crippen LogP contribution in [0.15, 0.2) is 12.1 Å². The minimum atomic E-state index is -0.694. The van der Waals surface area contributed by atoms with Gasteiger partial charge in [-0.25, -0.2) is 4.39 Å². The van der Waals surface area contributed by atoms with E-state index in [0.717, 1.165) is 6.07 Å². The van der Waals surface area contributed by atoms with Crippen molar-refractivity contribution in [2.45, 2.75) is 6.92 Å². The molecule has 0 aromatic heterocycles. The molecule has 1 rings (SSSR count). The van der Waals surface area contributed by atoms with E-state index in [2.05, 4.69) is 0 Å². The average Bonchev–Trinajstić information content (AvgIpc) is 1.97. The van der Waals surface area contributed by atoms with Gasteiger partial charge in [0.1, 0.15) is 10.8 Å². The highest BCUT2D eigenvalue weighted by molar-refractivity contribution is 6.32. The number of benzene rings is 1. The molecule has 0 aliphatic heterocycles. The fraction of sp³-hybridized carbons (Fsp3) is 0.143. The SMILES string of the molecule is Cc1c(F)ccc(Cl)c1[N+](=O)[O-]. The first-order valence-electron chi connectivity index (χ1n) is 3.13. The summed E-state index contributed by atoms with van der Waals surface area (Å²) in [5, 5.41) is 10.3. The van der Waals surface area contributed by atoms with Gasteiger partial charge in [0.05, 0.1) is 10.5 Å². The van der Waals surface area contributed by atoms with E-state index in [9.17, 15) is 14.5 Å².